The molecule has 1 atom stereocenters. The van der Waals surface area contributed by atoms with Gasteiger partial charge in [-0.15, -0.1) is 0 Å². The highest BCUT2D eigenvalue weighted by atomic mass is 16.5. The molecular weight excluding hydrogens is 336 g/mol. The number of benzene rings is 1. The van der Waals surface area contributed by atoms with Crippen LogP contribution in [-0.2, 0) is 20.9 Å². The number of aryl methyl sites for hydroxylation is 1. The molecule has 0 unspecified atom stereocenters. The minimum atomic E-state index is -0.575. The summed E-state index contributed by atoms with van der Waals surface area (Å²) in [5, 5.41) is 3.95. The van der Waals surface area contributed by atoms with Crippen molar-refractivity contribution >= 4 is 11.8 Å². The fourth-order valence-corrected chi connectivity index (χ4v) is 2.85. The highest BCUT2D eigenvalue weighted by molar-refractivity contribution is 5.94. The summed E-state index contributed by atoms with van der Waals surface area (Å²) in [7, 11) is 1.56. The Morgan fingerprint density at radius 2 is 2.00 bits per heavy atom. The van der Waals surface area contributed by atoms with E-state index in [0.717, 1.165) is 11.1 Å². The van der Waals surface area contributed by atoms with Crippen LogP contribution in [0.4, 0.5) is 0 Å². The molecule has 138 valence electrons. The van der Waals surface area contributed by atoms with Crippen LogP contribution in [0.1, 0.15) is 18.3 Å². The summed E-state index contributed by atoms with van der Waals surface area (Å²) >= 11 is 0. The van der Waals surface area contributed by atoms with Gasteiger partial charge in [0.25, 0.3) is 5.89 Å². The van der Waals surface area contributed by atoms with Crippen molar-refractivity contribution in [3.8, 4) is 11.5 Å². The van der Waals surface area contributed by atoms with Crippen molar-refractivity contribution in [1.29, 1.82) is 0 Å². The Labute approximate surface area is 151 Å². The molecule has 2 heterocycles. The Bertz CT molecular complexity index is 787. The number of hydrogen-bond acceptors (Lipinski definition) is 6. The van der Waals surface area contributed by atoms with Crippen molar-refractivity contribution in [2.24, 2.45) is 0 Å². The number of nitrogens with zero attached hydrogens (tertiary/aromatic N) is 4. The first kappa shape index (κ1) is 18.1. The molecule has 1 aromatic carbocycles. The van der Waals surface area contributed by atoms with E-state index < -0.39 is 6.04 Å². The van der Waals surface area contributed by atoms with Crippen molar-refractivity contribution in [3.63, 3.8) is 0 Å². The van der Waals surface area contributed by atoms with E-state index in [4.69, 9.17) is 9.26 Å². The Morgan fingerprint density at radius 3 is 2.69 bits per heavy atom. The summed E-state index contributed by atoms with van der Waals surface area (Å²) in [6.45, 7) is 4.68. The minimum Gasteiger partial charge on any atom is -0.383 e. The number of rotatable bonds is 6. The van der Waals surface area contributed by atoms with Gasteiger partial charge in [0.1, 0.15) is 6.04 Å². The maximum Gasteiger partial charge on any atom is 0.257 e. The largest absolute Gasteiger partial charge is 0.383 e. The average Bonchev–Trinajstić information content (AvgIpc) is 3.10. The lowest BCUT2D eigenvalue weighted by Crippen LogP contribution is -2.58. The molecule has 1 aliphatic heterocycles. The molecule has 0 radical (unpaired) electrons. The number of hydrogen-bond donors (Lipinski definition) is 0. The van der Waals surface area contributed by atoms with Crippen molar-refractivity contribution in [1.82, 2.24) is 19.9 Å². The Balaban J connectivity index is 1.70. The first-order valence-electron chi connectivity index (χ1n) is 8.46. The van der Waals surface area contributed by atoms with Crippen molar-refractivity contribution in [2.75, 3.05) is 26.8 Å². The summed E-state index contributed by atoms with van der Waals surface area (Å²) < 4.78 is 10.3. The second kappa shape index (κ2) is 7.65. The molecule has 8 heteroatoms. The first-order valence-corrected chi connectivity index (χ1v) is 8.46. The smallest absolute Gasteiger partial charge is 0.257 e. The predicted octanol–water partition coefficient (Wildman–Crippen LogP) is 1.25. The van der Waals surface area contributed by atoms with Crippen LogP contribution >= 0.6 is 0 Å². The van der Waals surface area contributed by atoms with E-state index >= 15 is 0 Å². The number of aromatic nitrogens is 2. The van der Waals surface area contributed by atoms with Crippen LogP contribution in [0.2, 0.25) is 0 Å². The van der Waals surface area contributed by atoms with E-state index in [9.17, 15) is 9.59 Å². The third-order valence-electron chi connectivity index (χ3n) is 4.43. The maximum atomic E-state index is 12.4. The molecule has 0 saturated carbocycles. The van der Waals surface area contributed by atoms with Gasteiger partial charge in [-0.25, -0.2) is 0 Å². The lowest BCUT2D eigenvalue weighted by atomic mass is 10.1. The first-order chi connectivity index (χ1) is 12.5. The Kier molecular flexibility index (Phi) is 5.32. The number of ether oxygens (including phenoxy) is 1. The van der Waals surface area contributed by atoms with E-state index in [0.29, 0.717) is 24.9 Å². The summed E-state index contributed by atoms with van der Waals surface area (Å²) in [4.78, 5) is 32.2. The van der Waals surface area contributed by atoms with Gasteiger partial charge in [0.05, 0.1) is 19.7 Å². The SMILES string of the molecule is COCCN1CC(=O)N(Cc2noc(-c3ccc(C)cc3)n2)[C@@H](C)C1=O. The number of piperazine rings is 1. The molecule has 1 saturated heterocycles. The van der Waals surface area contributed by atoms with Crippen LogP contribution in [0.5, 0.6) is 0 Å². The number of carbonyl (C=O) groups excluding carboxylic acids is 2. The number of amides is 2. The van der Waals surface area contributed by atoms with E-state index in [2.05, 4.69) is 10.1 Å². The molecule has 1 aliphatic rings. The molecule has 3 rings (SSSR count). The Morgan fingerprint density at radius 1 is 1.27 bits per heavy atom. The summed E-state index contributed by atoms with van der Waals surface area (Å²) in [6, 6.07) is 7.15. The molecular formula is C18H22N4O4. The molecule has 26 heavy (non-hydrogen) atoms. The topological polar surface area (TPSA) is 88.8 Å². The van der Waals surface area contributed by atoms with Crippen molar-refractivity contribution < 1.29 is 18.8 Å². The highest BCUT2D eigenvalue weighted by Gasteiger charge is 2.36. The van der Waals surface area contributed by atoms with Gasteiger partial charge in [-0.1, -0.05) is 22.9 Å². The van der Waals surface area contributed by atoms with Crippen LogP contribution in [0, 0.1) is 6.92 Å². The fraction of sp³-hybridized carbons (Fsp3) is 0.444. The van der Waals surface area contributed by atoms with Gasteiger partial charge in [0.2, 0.25) is 11.8 Å². The molecule has 0 aliphatic carbocycles. The number of methoxy groups -OCH3 is 1. The van der Waals surface area contributed by atoms with Crippen LogP contribution in [0.25, 0.3) is 11.5 Å². The fourth-order valence-electron chi connectivity index (χ4n) is 2.85. The second-order valence-electron chi connectivity index (χ2n) is 6.33. The van der Waals surface area contributed by atoms with E-state index in [1.165, 1.54) is 9.80 Å². The molecule has 8 nitrogen and oxygen atoms in total. The summed E-state index contributed by atoms with van der Waals surface area (Å²) in [5.74, 6) is 0.517. The molecule has 0 bridgehead atoms. The van der Waals surface area contributed by atoms with Crippen molar-refractivity contribution in [3.05, 3.63) is 35.7 Å². The molecule has 0 spiro atoms. The third kappa shape index (κ3) is 3.75. The summed E-state index contributed by atoms with van der Waals surface area (Å²) in [5.41, 5.74) is 1.95. The van der Waals surface area contributed by atoms with Crippen LogP contribution in [0.15, 0.2) is 28.8 Å². The normalized spacial score (nSPS) is 17.9. The zero-order chi connectivity index (χ0) is 18.7. The molecule has 2 aromatic rings. The average molecular weight is 358 g/mol. The lowest BCUT2D eigenvalue weighted by Gasteiger charge is -2.38. The Hall–Kier alpha value is -2.74. The molecule has 2 amide bonds. The lowest BCUT2D eigenvalue weighted by molar-refractivity contribution is -0.156. The maximum absolute atomic E-state index is 12.4. The van der Waals surface area contributed by atoms with E-state index in [-0.39, 0.29) is 24.9 Å². The van der Waals surface area contributed by atoms with Gasteiger partial charge < -0.3 is 19.1 Å². The summed E-state index contributed by atoms with van der Waals surface area (Å²) in [6.07, 6.45) is 0. The van der Waals surface area contributed by atoms with E-state index in [1.54, 1.807) is 14.0 Å². The monoisotopic (exact) mass is 358 g/mol. The molecule has 0 N–H and O–H groups in total. The van der Waals surface area contributed by atoms with Gasteiger partial charge in [0.15, 0.2) is 5.82 Å². The standard InChI is InChI=1S/C18H22N4O4/c1-12-4-6-14(7-5-12)17-19-15(20-26-17)10-22-13(2)18(24)21(8-9-25-3)11-16(22)23/h4-7,13H,8-11H2,1-3H3/t13-/m0/s1. The minimum absolute atomic E-state index is 0.0369. The van der Waals surface area contributed by atoms with Crippen LogP contribution in [0.3, 0.4) is 0 Å². The quantitative estimate of drug-likeness (QED) is 0.772. The zero-order valence-corrected chi connectivity index (χ0v) is 15.1. The van der Waals surface area contributed by atoms with Gasteiger partial charge in [-0.2, -0.15) is 4.98 Å². The molecule has 1 fully saturated rings. The van der Waals surface area contributed by atoms with E-state index in [1.807, 2.05) is 31.2 Å². The van der Waals surface area contributed by atoms with Gasteiger partial charge in [-0.05, 0) is 26.0 Å². The van der Waals surface area contributed by atoms with Gasteiger partial charge in [-0.3, -0.25) is 9.59 Å². The zero-order valence-electron chi connectivity index (χ0n) is 15.1. The van der Waals surface area contributed by atoms with Gasteiger partial charge in [0, 0.05) is 19.2 Å². The van der Waals surface area contributed by atoms with Gasteiger partial charge >= 0.3 is 0 Å². The van der Waals surface area contributed by atoms with Crippen LogP contribution in [-0.4, -0.2) is 64.6 Å². The highest BCUT2D eigenvalue weighted by Crippen LogP contribution is 2.20. The van der Waals surface area contributed by atoms with Crippen LogP contribution < -0.4 is 0 Å². The number of carbonyl (C=O) groups is 2. The van der Waals surface area contributed by atoms with Crippen molar-refractivity contribution in [2.45, 2.75) is 26.4 Å². The molecule has 1 aromatic heterocycles. The second-order valence-corrected chi connectivity index (χ2v) is 6.33. The predicted molar refractivity (Wildman–Crippen MR) is 92.9 cm³/mol. The third-order valence-corrected chi connectivity index (χ3v) is 4.43.